The van der Waals surface area contributed by atoms with E-state index in [9.17, 15) is 0 Å². The number of thiophene rings is 1. The molecule has 0 radical (unpaired) electrons. The van der Waals surface area contributed by atoms with Gasteiger partial charge in [-0.1, -0.05) is 97.1 Å². The van der Waals surface area contributed by atoms with Crippen LogP contribution in [0, 0.1) is 23.7 Å². The second-order valence-electron chi connectivity index (χ2n) is 18.5. The fraction of sp³-hybridized carbons (Fsp3) is 0.158. The molecule has 16 rings (SSSR count). The molecule has 5 atom stereocenters. The van der Waals surface area contributed by atoms with Crippen molar-refractivity contribution < 1.29 is 0 Å². The molecule has 4 bridgehead atoms. The Hall–Kier alpha value is -6.42. The number of hydrogen-bond donors (Lipinski definition) is 0. The van der Waals surface area contributed by atoms with E-state index in [2.05, 4.69) is 179 Å². The van der Waals surface area contributed by atoms with Gasteiger partial charge in [-0.3, -0.25) is 0 Å². The molecule has 0 amide bonds. The Balaban J connectivity index is 0.888. The third kappa shape index (κ3) is 4.00. The van der Waals surface area contributed by atoms with Crippen LogP contribution in [-0.4, -0.2) is 9.13 Å². The highest BCUT2D eigenvalue weighted by Crippen LogP contribution is 2.73. The molecule has 4 fully saturated rings. The second kappa shape index (κ2) is 11.4. The molecule has 0 aliphatic heterocycles. The van der Waals surface area contributed by atoms with Crippen LogP contribution < -0.4 is 0 Å². The minimum atomic E-state index is 0.165. The Morgan fingerprint density at radius 1 is 0.417 bits per heavy atom. The van der Waals surface area contributed by atoms with E-state index in [1.807, 2.05) is 11.3 Å². The first-order valence-electron chi connectivity index (χ1n) is 21.9. The SMILES string of the molecule is c1ccc2c(c1)-c1ccc(-n3c4ccccc4c4cc(-c5ccc6c(c5)c5ccccc5n6-c5ccc6sc7ccccc7c6c5)ccc43)cc1C21C2CC3CC(C2)C1C3. The lowest BCUT2D eigenvalue weighted by atomic mass is 9.59. The Labute approximate surface area is 351 Å². The van der Waals surface area contributed by atoms with Crippen LogP contribution in [0.3, 0.4) is 0 Å². The minimum Gasteiger partial charge on any atom is -0.309 e. The third-order valence-corrected chi connectivity index (χ3v) is 17.0. The molecule has 5 unspecified atom stereocenters. The zero-order chi connectivity index (χ0) is 38.8. The standard InChI is InChI=1S/C57H40N2S/c1-5-13-48-40(9-1)41-21-19-39(32-50(41)57(48)37-26-33-25-36(28-37)49(57)27-33)59-52-15-7-3-11-43(52)46-30-35(18-23-54(46)59)34-17-22-53-45(29-34)42-10-2-6-14-51(42)58(53)38-20-24-56-47(31-38)44-12-4-8-16-55(44)60-56/h1-24,29-33,36-37,49H,25-28H2. The smallest absolute Gasteiger partial charge is 0.0541 e. The summed E-state index contributed by atoms with van der Waals surface area (Å²) >= 11 is 1.88. The summed E-state index contributed by atoms with van der Waals surface area (Å²) in [4.78, 5) is 0. The molecule has 5 aliphatic carbocycles. The first kappa shape index (κ1) is 32.4. The maximum absolute atomic E-state index is 2.63. The molecule has 284 valence electrons. The molecule has 8 aromatic carbocycles. The highest BCUT2D eigenvalue weighted by Gasteiger charge is 2.66. The van der Waals surface area contributed by atoms with E-state index in [-0.39, 0.29) is 5.41 Å². The van der Waals surface area contributed by atoms with Crippen LogP contribution in [0.4, 0.5) is 0 Å². The van der Waals surface area contributed by atoms with Gasteiger partial charge in [-0.15, -0.1) is 11.3 Å². The lowest BCUT2D eigenvalue weighted by molar-refractivity contribution is 0.191. The van der Waals surface area contributed by atoms with Crippen molar-refractivity contribution in [1.82, 2.24) is 9.13 Å². The molecule has 60 heavy (non-hydrogen) atoms. The summed E-state index contributed by atoms with van der Waals surface area (Å²) in [5.74, 6) is 3.36. The van der Waals surface area contributed by atoms with E-state index in [1.54, 1.807) is 11.1 Å². The number of rotatable bonds is 3. The summed E-state index contributed by atoms with van der Waals surface area (Å²) in [6.07, 6.45) is 5.67. The van der Waals surface area contributed by atoms with E-state index in [0.717, 1.165) is 23.7 Å². The quantitative estimate of drug-likeness (QED) is 0.169. The summed E-state index contributed by atoms with van der Waals surface area (Å²) < 4.78 is 7.68. The molecule has 3 heteroatoms. The Kier molecular flexibility index (Phi) is 6.18. The molecular formula is C57H40N2S. The molecule has 3 aromatic heterocycles. The van der Waals surface area contributed by atoms with Gasteiger partial charge in [-0.2, -0.15) is 0 Å². The molecule has 0 N–H and O–H groups in total. The molecule has 0 saturated heterocycles. The summed E-state index contributed by atoms with van der Waals surface area (Å²) in [7, 11) is 0. The largest absolute Gasteiger partial charge is 0.309 e. The normalized spacial score (nSPS) is 22.5. The first-order chi connectivity index (χ1) is 29.7. The number of benzene rings is 8. The molecule has 1 spiro atoms. The van der Waals surface area contributed by atoms with Gasteiger partial charge in [0, 0.05) is 58.5 Å². The van der Waals surface area contributed by atoms with Crippen molar-refractivity contribution in [2.24, 2.45) is 23.7 Å². The van der Waals surface area contributed by atoms with Gasteiger partial charge in [-0.25, -0.2) is 0 Å². The number of fused-ring (bicyclic) bond motifs is 12. The Bertz CT molecular complexity index is 3670. The lowest BCUT2D eigenvalue weighted by Crippen LogP contribution is -2.40. The molecular weight excluding hydrogens is 745 g/mol. The Morgan fingerprint density at radius 2 is 1.02 bits per heavy atom. The number of hydrogen-bond acceptors (Lipinski definition) is 1. The van der Waals surface area contributed by atoms with Gasteiger partial charge in [0.05, 0.1) is 22.1 Å². The van der Waals surface area contributed by atoms with E-state index < -0.39 is 0 Å². The Morgan fingerprint density at radius 3 is 1.77 bits per heavy atom. The molecule has 11 aromatic rings. The summed E-state index contributed by atoms with van der Waals surface area (Å²) in [6.45, 7) is 0. The second-order valence-corrected chi connectivity index (χ2v) is 19.5. The highest BCUT2D eigenvalue weighted by atomic mass is 32.1. The fourth-order valence-corrected chi connectivity index (χ4v) is 14.9. The zero-order valence-corrected chi connectivity index (χ0v) is 33.9. The van der Waals surface area contributed by atoms with Gasteiger partial charge in [0.15, 0.2) is 0 Å². The first-order valence-corrected chi connectivity index (χ1v) is 22.8. The maximum atomic E-state index is 2.63. The van der Waals surface area contributed by atoms with Crippen molar-refractivity contribution in [3.05, 3.63) is 181 Å². The average molecular weight is 785 g/mol. The molecule has 5 aliphatic rings. The fourth-order valence-electron chi connectivity index (χ4n) is 13.8. The van der Waals surface area contributed by atoms with Crippen molar-refractivity contribution in [3.63, 3.8) is 0 Å². The highest BCUT2D eigenvalue weighted by molar-refractivity contribution is 7.25. The van der Waals surface area contributed by atoms with Crippen LogP contribution in [0.1, 0.15) is 36.8 Å². The predicted octanol–water partition coefficient (Wildman–Crippen LogP) is 15.2. The molecule has 4 saturated carbocycles. The molecule has 2 nitrogen and oxygen atoms in total. The van der Waals surface area contributed by atoms with Crippen molar-refractivity contribution in [2.45, 2.75) is 31.1 Å². The van der Waals surface area contributed by atoms with Crippen LogP contribution in [0.25, 0.3) is 97.4 Å². The van der Waals surface area contributed by atoms with Crippen LogP contribution >= 0.6 is 11.3 Å². The average Bonchev–Trinajstić information content (AvgIpc) is 4.11. The van der Waals surface area contributed by atoms with Gasteiger partial charge in [0.2, 0.25) is 0 Å². The van der Waals surface area contributed by atoms with Crippen LogP contribution in [-0.2, 0) is 5.41 Å². The predicted molar refractivity (Wildman–Crippen MR) is 252 cm³/mol. The van der Waals surface area contributed by atoms with Crippen molar-refractivity contribution >= 4 is 75.1 Å². The third-order valence-electron chi connectivity index (χ3n) is 15.9. The van der Waals surface area contributed by atoms with Crippen LogP contribution in [0.5, 0.6) is 0 Å². The van der Waals surface area contributed by atoms with Crippen LogP contribution in [0.15, 0.2) is 170 Å². The number of aromatic nitrogens is 2. The van der Waals surface area contributed by atoms with Gasteiger partial charge < -0.3 is 9.13 Å². The van der Waals surface area contributed by atoms with E-state index in [0.29, 0.717) is 0 Å². The monoisotopic (exact) mass is 784 g/mol. The number of nitrogens with zero attached hydrogens (tertiary/aromatic N) is 2. The summed E-state index contributed by atoms with van der Waals surface area (Å²) in [6, 6.07) is 65.0. The van der Waals surface area contributed by atoms with E-state index >= 15 is 0 Å². The summed E-state index contributed by atoms with van der Waals surface area (Å²) in [5.41, 5.74) is 16.4. The zero-order valence-electron chi connectivity index (χ0n) is 33.1. The van der Waals surface area contributed by atoms with Crippen molar-refractivity contribution in [3.8, 4) is 33.6 Å². The van der Waals surface area contributed by atoms with Crippen LogP contribution in [0.2, 0.25) is 0 Å². The van der Waals surface area contributed by atoms with Gasteiger partial charge >= 0.3 is 0 Å². The number of para-hydroxylation sites is 2. The maximum Gasteiger partial charge on any atom is 0.0541 e. The van der Waals surface area contributed by atoms with Gasteiger partial charge in [-0.05, 0) is 156 Å². The lowest BCUT2D eigenvalue weighted by Gasteiger charge is -2.44. The topological polar surface area (TPSA) is 9.86 Å². The van der Waals surface area contributed by atoms with Gasteiger partial charge in [0.25, 0.3) is 0 Å². The van der Waals surface area contributed by atoms with Crippen molar-refractivity contribution in [2.75, 3.05) is 0 Å². The van der Waals surface area contributed by atoms with E-state index in [4.69, 9.17) is 0 Å². The summed E-state index contributed by atoms with van der Waals surface area (Å²) in [5, 5.41) is 7.83. The minimum absolute atomic E-state index is 0.165. The van der Waals surface area contributed by atoms with Crippen molar-refractivity contribution in [1.29, 1.82) is 0 Å². The van der Waals surface area contributed by atoms with Gasteiger partial charge in [0.1, 0.15) is 0 Å². The van der Waals surface area contributed by atoms with E-state index in [1.165, 1.54) is 123 Å². The molecule has 3 heterocycles.